The van der Waals surface area contributed by atoms with Crippen LogP contribution < -0.4 is 10.1 Å². The summed E-state index contributed by atoms with van der Waals surface area (Å²) in [6, 6.07) is 4.06. The van der Waals surface area contributed by atoms with Gasteiger partial charge in [0.1, 0.15) is 11.9 Å². The minimum Gasteiger partial charge on any atom is -0.482 e. The van der Waals surface area contributed by atoms with Crippen molar-refractivity contribution in [3.05, 3.63) is 23.2 Å². The molecule has 2 rings (SSSR count). The van der Waals surface area contributed by atoms with E-state index in [2.05, 4.69) is 10.1 Å². The molecule has 1 atom stereocenters. The van der Waals surface area contributed by atoms with Gasteiger partial charge in [-0.2, -0.15) is 13.2 Å². The molecule has 0 unspecified atom stereocenters. The molecule has 116 valence electrons. The van der Waals surface area contributed by atoms with Crippen molar-refractivity contribution in [1.29, 1.82) is 0 Å². The van der Waals surface area contributed by atoms with Crippen LogP contribution in [0.1, 0.15) is 12.8 Å². The molecule has 1 saturated heterocycles. The van der Waals surface area contributed by atoms with Crippen LogP contribution in [0, 0.1) is 0 Å². The van der Waals surface area contributed by atoms with E-state index in [1.807, 2.05) is 0 Å². The molecule has 1 N–H and O–H groups in total. The van der Waals surface area contributed by atoms with E-state index in [1.165, 1.54) is 18.2 Å². The number of nitrogens with one attached hydrogen (secondary N) is 1. The Labute approximate surface area is 124 Å². The second-order valence-corrected chi connectivity index (χ2v) is 4.97. The summed E-state index contributed by atoms with van der Waals surface area (Å²) in [6.45, 7) is -0.966. The molecule has 1 aromatic rings. The van der Waals surface area contributed by atoms with Crippen molar-refractivity contribution in [3.8, 4) is 5.75 Å². The third-order valence-corrected chi connectivity index (χ3v) is 3.05. The van der Waals surface area contributed by atoms with E-state index in [-0.39, 0.29) is 16.5 Å². The van der Waals surface area contributed by atoms with Crippen LogP contribution in [0.3, 0.4) is 0 Å². The Kier molecular flexibility index (Phi) is 4.95. The molecule has 1 heterocycles. The average molecular weight is 324 g/mol. The number of anilines is 1. The molecule has 0 saturated carbocycles. The van der Waals surface area contributed by atoms with Crippen LogP contribution in [-0.4, -0.2) is 31.4 Å². The van der Waals surface area contributed by atoms with Crippen LogP contribution in [0.4, 0.5) is 18.9 Å². The minimum atomic E-state index is -4.47. The third kappa shape index (κ3) is 4.78. The number of alkyl halides is 3. The zero-order valence-corrected chi connectivity index (χ0v) is 11.6. The lowest BCUT2D eigenvalue weighted by molar-refractivity contribution is -0.153. The molecule has 0 aromatic heterocycles. The molecular formula is C13H13ClF3NO3. The fourth-order valence-corrected chi connectivity index (χ4v) is 2.04. The van der Waals surface area contributed by atoms with Gasteiger partial charge in [-0.3, -0.25) is 4.79 Å². The molecule has 4 nitrogen and oxygen atoms in total. The summed E-state index contributed by atoms with van der Waals surface area (Å²) in [5.41, 5.74) is 0.129. The van der Waals surface area contributed by atoms with Crippen molar-refractivity contribution in [1.82, 2.24) is 0 Å². The molecule has 1 aromatic carbocycles. The van der Waals surface area contributed by atoms with Gasteiger partial charge in [-0.05, 0) is 25.0 Å². The average Bonchev–Trinajstić information content (AvgIpc) is 2.92. The molecule has 8 heteroatoms. The molecular weight excluding hydrogens is 311 g/mol. The fraction of sp³-hybridized carbons (Fsp3) is 0.462. The second kappa shape index (κ2) is 6.53. The lowest BCUT2D eigenvalue weighted by atomic mass is 10.2. The monoisotopic (exact) mass is 323 g/mol. The zero-order chi connectivity index (χ0) is 15.5. The number of carbonyl (C=O) groups excluding carboxylic acids is 1. The number of rotatable bonds is 4. The van der Waals surface area contributed by atoms with Crippen LogP contribution in [-0.2, 0) is 9.53 Å². The highest BCUT2D eigenvalue weighted by molar-refractivity contribution is 6.30. The Hall–Kier alpha value is -1.47. The maximum absolute atomic E-state index is 12.2. The van der Waals surface area contributed by atoms with E-state index in [4.69, 9.17) is 16.3 Å². The number of halogens is 4. The largest absolute Gasteiger partial charge is 0.482 e. The van der Waals surface area contributed by atoms with Gasteiger partial charge in [-0.15, -0.1) is 0 Å². The Bertz CT molecular complexity index is 516. The number of carbonyl (C=O) groups is 1. The predicted molar refractivity (Wildman–Crippen MR) is 70.6 cm³/mol. The first-order valence-electron chi connectivity index (χ1n) is 6.27. The number of hydrogen-bond acceptors (Lipinski definition) is 3. The minimum absolute atomic E-state index is 0.129. The third-order valence-electron chi connectivity index (χ3n) is 2.81. The summed E-state index contributed by atoms with van der Waals surface area (Å²) in [5, 5.41) is 2.71. The highest BCUT2D eigenvalue weighted by Crippen LogP contribution is 2.30. The fourth-order valence-electron chi connectivity index (χ4n) is 1.88. The Balaban J connectivity index is 2.08. The first-order valence-corrected chi connectivity index (χ1v) is 6.64. The first-order chi connectivity index (χ1) is 9.85. The lowest BCUT2D eigenvalue weighted by Gasteiger charge is -2.16. The van der Waals surface area contributed by atoms with Gasteiger partial charge in [0.2, 0.25) is 0 Å². The number of benzene rings is 1. The van der Waals surface area contributed by atoms with Crippen molar-refractivity contribution < 1.29 is 27.4 Å². The molecule has 1 aliphatic heterocycles. The van der Waals surface area contributed by atoms with Gasteiger partial charge in [0.25, 0.3) is 5.91 Å². The summed E-state index contributed by atoms with van der Waals surface area (Å²) >= 11 is 5.73. The summed E-state index contributed by atoms with van der Waals surface area (Å²) in [6.07, 6.45) is -3.71. The van der Waals surface area contributed by atoms with Crippen LogP contribution in [0.25, 0.3) is 0 Å². The van der Waals surface area contributed by atoms with Crippen molar-refractivity contribution in [2.75, 3.05) is 18.5 Å². The Morgan fingerprint density at radius 2 is 2.24 bits per heavy atom. The maximum atomic E-state index is 12.2. The quantitative estimate of drug-likeness (QED) is 0.924. The van der Waals surface area contributed by atoms with E-state index in [0.717, 1.165) is 6.42 Å². The SMILES string of the molecule is O=C(Nc1ccc(Cl)cc1OCC(F)(F)F)[C@@H]1CCCO1. The van der Waals surface area contributed by atoms with Gasteiger partial charge in [0.15, 0.2) is 6.61 Å². The van der Waals surface area contributed by atoms with Crippen LogP contribution in [0.2, 0.25) is 5.02 Å². The normalized spacial score (nSPS) is 18.6. The summed E-state index contributed by atoms with van der Waals surface area (Å²) in [5.74, 6) is -0.544. The zero-order valence-electron chi connectivity index (χ0n) is 10.9. The van der Waals surface area contributed by atoms with Crippen molar-refractivity contribution in [3.63, 3.8) is 0 Å². The van der Waals surface area contributed by atoms with Gasteiger partial charge >= 0.3 is 6.18 Å². The molecule has 1 fully saturated rings. The van der Waals surface area contributed by atoms with Crippen molar-refractivity contribution >= 4 is 23.2 Å². The van der Waals surface area contributed by atoms with Gasteiger partial charge in [-0.1, -0.05) is 11.6 Å². The topological polar surface area (TPSA) is 47.6 Å². The van der Waals surface area contributed by atoms with Crippen LogP contribution in [0.5, 0.6) is 5.75 Å². The maximum Gasteiger partial charge on any atom is 0.422 e. The van der Waals surface area contributed by atoms with E-state index >= 15 is 0 Å². The molecule has 0 radical (unpaired) electrons. The molecule has 21 heavy (non-hydrogen) atoms. The molecule has 0 spiro atoms. The van der Waals surface area contributed by atoms with Gasteiger partial charge < -0.3 is 14.8 Å². The standard InChI is InChI=1S/C13H13ClF3NO3/c14-8-3-4-9(11(6-8)21-7-13(15,16)17)18-12(19)10-2-1-5-20-10/h3-4,6,10H,1-2,5,7H2,(H,18,19)/t10-/m0/s1. The Morgan fingerprint density at radius 3 is 2.86 bits per heavy atom. The van der Waals surface area contributed by atoms with Gasteiger partial charge in [0, 0.05) is 17.7 Å². The number of amides is 1. The second-order valence-electron chi connectivity index (χ2n) is 4.54. The molecule has 0 aliphatic carbocycles. The van der Waals surface area contributed by atoms with Gasteiger partial charge in [-0.25, -0.2) is 0 Å². The predicted octanol–water partition coefficient (Wildman–Crippen LogP) is 3.40. The van der Waals surface area contributed by atoms with Gasteiger partial charge in [0.05, 0.1) is 5.69 Å². The van der Waals surface area contributed by atoms with Crippen molar-refractivity contribution in [2.24, 2.45) is 0 Å². The lowest BCUT2D eigenvalue weighted by Crippen LogP contribution is -2.27. The van der Waals surface area contributed by atoms with Crippen molar-refractivity contribution in [2.45, 2.75) is 25.1 Å². The molecule has 1 aliphatic rings. The number of ether oxygens (including phenoxy) is 2. The summed E-state index contributed by atoms with van der Waals surface area (Å²) < 4.78 is 46.5. The summed E-state index contributed by atoms with van der Waals surface area (Å²) in [7, 11) is 0. The van der Waals surface area contributed by atoms with Crippen LogP contribution in [0.15, 0.2) is 18.2 Å². The molecule has 0 bridgehead atoms. The van der Waals surface area contributed by atoms with E-state index in [9.17, 15) is 18.0 Å². The van der Waals surface area contributed by atoms with E-state index < -0.39 is 24.8 Å². The highest BCUT2D eigenvalue weighted by Gasteiger charge is 2.29. The molecule has 1 amide bonds. The number of hydrogen-bond donors (Lipinski definition) is 1. The smallest absolute Gasteiger partial charge is 0.422 e. The van der Waals surface area contributed by atoms with E-state index in [0.29, 0.717) is 13.0 Å². The first kappa shape index (κ1) is 15.9. The summed E-state index contributed by atoms with van der Waals surface area (Å²) in [4.78, 5) is 11.9. The van der Waals surface area contributed by atoms with Crippen LogP contribution >= 0.6 is 11.6 Å². The van der Waals surface area contributed by atoms with E-state index in [1.54, 1.807) is 0 Å². The Morgan fingerprint density at radius 1 is 1.48 bits per heavy atom. The highest BCUT2D eigenvalue weighted by atomic mass is 35.5.